The highest BCUT2D eigenvalue weighted by atomic mass is 127. The molecule has 0 aromatic carbocycles. The van der Waals surface area contributed by atoms with Crippen LogP contribution < -0.4 is 10.6 Å². The molecule has 1 rings (SSSR count). The number of amides is 1. The summed E-state index contributed by atoms with van der Waals surface area (Å²) in [6.45, 7) is 17.4. The topological polar surface area (TPSA) is 78.4 Å². The fourth-order valence-electron chi connectivity index (χ4n) is 2.51. The molecule has 1 amide bonds. The number of aliphatic imine (C=N–C) groups is 1. The first-order valence-electron chi connectivity index (χ1n) is 9.66. The first kappa shape index (κ1) is 26.2. The van der Waals surface area contributed by atoms with Crippen LogP contribution >= 0.6 is 24.0 Å². The van der Waals surface area contributed by atoms with Gasteiger partial charge in [0.15, 0.2) is 5.96 Å². The van der Waals surface area contributed by atoms with E-state index in [1.54, 1.807) is 4.90 Å². The van der Waals surface area contributed by atoms with Crippen LogP contribution in [0.4, 0.5) is 4.79 Å². The number of halogens is 1. The molecule has 0 aromatic heterocycles. The zero-order valence-electron chi connectivity index (χ0n) is 17.5. The van der Waals surface area contributed by atoms with E-state index in [-0.39, 0.29) is 30.1 Å². The van der Waals surface area contributed by atoms with Crippen LogP contribution in [-0.2, 0) is 9.47 Å². The average molecular weight is 499 g/mol. The van der Waals surface area contributed by atoms with Gasteiger partial charge in [0.25, 0.3) is 0 Å². The van der Waals surface area contributed by atoms with Crippen LogP contribution in [0.3, 0.4) is 0 Å². The molecule has 0 atom stereocenters. The summed E-state index contributed by atoms with van der Waals surface area (Å²) in [6, 6.07) is 0. The molecule has 1 saturated heterocycles. The van der Waals surface area contributed by atoms with Crippen molar-refractivity contribution in [3.63, 3.8) is 0 Å². The molecule has 0 bridgehead atoms. The molecule has 0 radical (unpaired) electrons. The molecule has 0 spiro atoms. The van der Waals surface area contributed by atoms with Crippen LogP contribution in [-0.4, -0.2) is 93.0 Å². The predicted molar refractivity (Wildman–Crippen MR) is 120 cm³/mol. The highest BCUT2D eigenvalue weighted by Crippen LogP contribution is 2.11. The first-order valence-corrected chi connectivity index (χ1v) is 9.66. The van der Waals surface area contributed by atoms with Gasteiger partial charge in [-0.15, -0.1) is 24.0 Å². The maximum absolute atomic E-state index is 12.1. The Morgan fingerprint density at radius 3 is 2.33 bits per heavy atom. The summed E-state index contributed by atoms with van der Waals surface area (Å²) in [5.41, 5.74) is -0.444. The average Bonchev–Trinajstić information content (AvgIpc) is 2.57. The molecule has 9 heteroatoms. The highest BCUT2D eigenvalue weighted by Gasteiger charge is 2.25. The number of piperazine rings is 1. The highest BCUT2D eigenvalue weighted by molar-refractivity contribution is 14.0. The monoisotopic (exact) mass is 499 g/mol. The van der Waals surface area contributed by atoms with Crippen molar-refractivity contribution in [1.82, 2.24) is 20.4 Å². The molecular weight excluding hydrogens is 461 g/mol. The van der Waals surface area contributed by atoms with E-state index in [2.05, 4.69) is 27.4 Å². The van der Waals surface area contributed by atoms with Gasteiger partial charge in [-0.25, -0.2) is 4.79 Å². The van der Waals surface area contributed by atoms with Crippen molar-refractivity contribution >= 4 is 36.0 Å². The van der Waals surface area contributed by atoms with Crippen molar-refractivity contribution in [2.75, 3.05) is 65.6 Å². The Labute approximate surface area is 181 Å². The lowest BCUT2D eigenvalue weighted by Gasteiger charge is -2.35. The second-order valence-corrected chi connectivity index (χ2v) is 7.19. The standard InChI is InChI=1S/C18H37N5O3.HI/c1-6-19-16(21-9-15-25-7-2)20-8-10-22-11-13-23(14-12-22)17(24)26-18(3,4)5;/h6-15H2,1-5H3,(H2,19,20,21);1H. The zero-order chi connectivity index (χ0) is 19.4. The molecule has 1 aliphatic heterocycles. The molecule has 1 aliphatic rings. The fourth-order valence-corrected chi connectivity index (χ4v) is 2.51. The molecule has 27 heavy (non-hydrogen) atoms. The second-order valence-electron chi connectivity index (χ2n) is 7.19. The number of carbonyl (C=O) groups excluding carboxylic acids is 1. The number of carbonyl (C=O) groups is 1. The Morgan fingerprint density at radius 2 is 1.78 bits per heavy atom. The quantitative estimate of drug-likeness (QED) is 0.229. The van der Waals surface area contributed by atoms with Crippen LogP contribution in [0.2, 0.25) is 0 Å². The molecule has 0 aliphatic carbocycles. The van der Waals surface area contributed by atoms with Crippen molar-refractivity contribution in [3.8, 4) is 0 Å². The van der Waals surface area contributed by atoms with Gasteiger partial charge in [0.05, 0.1) is 13.2 Å². The Balaban J connectivity index is 0.00000676. The van der Waals surface area contributed by atoms with Gasteiger partial charge < -0.3 is 25.0 Å². The van der Waals surface area contributed by atoms with Gasteiger partial charge in [0.1, 0.15) is 5.60 Å². The van der Waals surface area contributed by atoms with Gasteiger partial charge in [-0.1, -0.05) is 0 Å². The molecule has 0 aromatic rings. The lowest BCUT2D eigenvalue weighted by Crippen LogP contribution is -2.50. The number of nitrogens with one attached hydrogen (secondary N) is 2. The molecule has 1 fully saturated rings. The van der Waals surface area contributed by atoms with Crippen LogP contribution in [0.5, 0.6) is 0 Å². The van der Waals surface area contributed by atoms with E-state index in [1.807, 2.05) is 27.7 Å². The van der Waals surface area contributed by atoms with Crippen LogP contribution in [0.25, 0.3) is 0 Å². The number of ether oxygens (including phenoxy) is 2. The lowest BCUT2D eigenvalue weighted by atomic mass is 10.2. The molecule has 8 nitrogen and oxygen atoms in total. The van der Waals surface area contributed by atoms with E-state index < -0.39 is 5.60 Å². The van der Waals surface area contributed by atoms with E-state index in [1.165, 1.54) is 0 Å². The second kappa shape index (κ2) is 14.2. The molecule has 2 N–H and O–H groups in total. The lowest BCUT2D eigenvalue weighted by molar-refractivity contribution is 0.0148. The minimum absolute atomic E-state index is 0. The van der Waals surface area contributed by atoms with Crippen LogP contribution in [0.1, 0.15) is 34.6 Å². The molecule has 1 heterocycles. The van der Waals surface area contributed by atoms with Gasteiger partial charge in [0, 0.05) is 52.4 Å². The minimum atomic E-state index is -0.444. The fraction of sp³-hybridized carbons (Fsp3) is 0.889. The zero-order valence-corrected chi connectivity index (χ0v) is 19.9. The summed E-state index contributed by atoms with van der Waals surface area (Å²) in [5.74, 6) is 0.819. The van der Waals surface area contributed by atoms with Crippen molar-refractivity contribution in [2.45, 2.75) is 40.2 Å². The molecule has 0 saturated carbocycles. The Morgan fingerprint density at radius 1 is 1.11 bits per heavy atom. The number of rotatable bonds is 8. The largest absolute Gasteiger partial charge is 0.444 e. The van der Waals surface area contributed by atoms with Gasteiger partial charge in [0.2, 0.25) is 0 Å². The maximum atomic E-state index is 12.1. The van der Waals surface area contributed by atoms with E-state index in [9.17, 15) is 4.79 Å². The van der Waals surface area contributed by atoms with E-state index >= 15 is 0 Å². The summed E-state index contributed by atoms with van der Waals surface area (Å²) < 4.78 is 10.8. The predicted octanol–water partition coefficient (Wildman–Crippen LogP) is 1.75. The van der Waals surface area contributed by atoms with Gasteiger partial charge in [-0.3, -0.25) is 9.89 Å². The number of guanidine groups is 1. The summed E-state index contributed by atoms with van der Waals surface area (Å²) in [7, 11) is 0. The smallest absolute Gasteiger partial charge is 0.410 e. The van der Waals surface area contributed by atoms with Crippen molar-refractivity contribution in [1.29, 1.82) is 0 Å². The molecule has 0 unspecified atom stereocenters. The van der Waals surface area contributed by atoms with Gasteiger partial charge in [-0.05, 0) is 34.6 Å². The van der Waals surface area contributed by atoms with E-state index in [4.69, 9.17) is 9.47 Å². The third kappa shape index (κ3) is 12.3. The van der Waals surface area contributed by atoms with Crippen molar-refractivity contribution < 1.29 is 14.3 Å². The van der Waals surface area contributed by atoms with Gasteiger partial charge in [-0.2, -0.15) is 0 Å². The van der Waals surface area contributed by atoms with Crippen molar-refractivity contribution in [2.24, 2.45) is 4.99 Å². The van der Waals surface area contributed by atoms with Crippen molar-refractivity contribution in [3.05, 3.63) is 0 Å². The van der Waals surface area contributed by atoms with Gasteiger partial charge >= 0.3 is 6.09 Å². The summed E-state index contributed by atoms with van der Waals surface area (Å²) in [6.07, 6.45) is -0.219. The Kier molecular flexibility index (Phi) is 13.8. The third-order valence-corrected chi connectivity index (χ3v) is 3.80. The first-order chi connectivity index (χ1) is 12.4. The summed E-state index contributed by atoms with van der Waals surface area (Å²) in [5, 5.41) is 6.50. The third-order valence-electron chi connectivity index (χ3n) is 3.80. The molecule has 160 valence electrons. The summed E-state index contributed by atoms with van der Waals surface area (Å²) >= 11 is 0. The Bertz CT molecular complexity index is 435. The normalized spacial score (nSPS) is 15.9. The maximum Gasteiger partial charge on any atom is 0.410 e. The summed E-state index contributed by atoms with van der Waals surface area (Å²) in [4.78, 5) is 20.8. The van der Waals surface area contributed by atoms with E-state index in [0.717, 1.165) is 51.8 Å². The molecular formula is C18H38IN5O3. The number of hydrogen-bond acceptors (Lipinski definition) is 5. The van der Waals surface area contributed by atoms with Crippen LogP contribution in [0, 0.1) is 0 Å². The SMILES string of the molecule is CCNC(=NCCN1CCN(C(=O)OC(C)(C)C)CC1)NCCOCC.I. The number of hydrogen-bond donors (Lipinski definition) is 2. The van der Waals surface area contributed by atoms with E-state index in [0.29, 0.717) is 19.7 Å². The Hall–Kier alpha value is -0.810. The number of nitrogens with zero attached hydrogens (tertiary/aromatic N) is 3. The minimum Gasteiger partial charge on any atom is -0.444 e. The van der Waals surface area contributed by atoms with Crippen LogP contribution in [0.15, 0.2) is 4.99 Å².